The number of Topliss-reactive ketones (excluding diaryl/α,β-unsaturated/α-hetero) is 1. The first-order chi connectivity index (χ1) is 14.3. The van der Waals surface area contributed by atoms with E-state index < -0.39 is 0 Å². The van der Waals surface area contributed by atoms with Gasteiger partial charge in [0.15, 0.2) is 5.78 Å². The number of nitrogens with zero attached hydrogens (tertiary/aromatic N) is 1. The summed E-state index contributed by atoms with van der Waals surface area (Å²) in [5.74, 6) is 0.0924. The summed E-state index contributed by atoms with van der Waals surface area (Å²) in [5, 5.41) is 0. The fourth-order valence-electron chi connectivity index (χ4n) is 4.82. The first-order valence-corrected chi connectivity index (χ1v) is 11.6. The highest BCUT2D eigenvalue weighted by Gasteiger charge is 2.42. The van der Waals surface area contributed by atoms with E-state index >= 15 is 0 Å². The molecule has 3 nitrogen and oxygen atoms in total. The maximum absolute atomic E-state index is 12.8. The van der Waals surface area contributed by atoms with E-state index in [1.165, 1.54) is 36.0 Å². The number of amides is 1. The van der Waals surface area contributed by atoms with E-state index in [1.807, 2.05) is 39.8 Å². The second-order valence-electron chi connectivity index (χ2n) is 10.9. The highest BCUT2D eigenvalue weighted by molar-refractivity contribution is 5.97. The van der Waals surface area contributed by atoms with Crippen LogP contribution in [0.25, 0.3) is 0 Å². The van der Waals surface area contributed by atoms with Crippen LogP contribution >= 0.6 is 0 Å². The second-order valence-corrected chi connectivity index (χ2v) is 10.9. The predicted molar refractivity (Wildman–Crippen MR) is 131 cm³/mol. The minimum atomic E-state index is -0.331. The van der Waals surface area contributed by atoms with Gasteiger partial charge < -0.3 is 4.90 Å². The summed E-state index contributed by atoms with van der Waals surface area (Å²) in [6.07, 6.45) is 16.3. The summed E-state index contributed by atoms with van der Waals surface area (Å²) in [6.45, 7) is 17.5. The van der Waals surface area contributed by atoms with Crippen LogP contribution in [0, 0.1) is 10.8 Å². The molecule has 0 bridgehead atoms. The molecule has 1 saturated heterocycles. The van der Waals surface area contributed by atoms with Crippen molar-refractivity contribution < 1.29 is 9.59 Å². The third-order valence-electron chi connectivity index (χ3n) is 6.44. The first kappa shape index (κ1) is 25.1. The largest absolute Gasteiger partial charge is 0.328 e. The van der Waals surface area contributed by atoms with Gasteiger partial charge in [-0.05, 0) is 62.0 Å². The van der Waals surface area contributed by atoms with E-state index in [0.717, 1.165) is 5.57 Å². The van der Waals surface area contributed by atoms with Gasteiger partial charge in [0.25, 0.3) is 0 Å². The van der Waals surface area contributed by atoms with Gasteiger partial charge in [-0.25, -0.2) is 0 Å². The smallest absolute Gasteiger partial charge is 0.247 e. The number of ketones is 1. The number of hydrogen-bond donors (Lipinski definition) is 0. The van der Waals surface area contributed by atoms with Crippen molar-refractivity contribution in [1.29, 1.82) is 0 Å². The Hall–Kier alpha value is -2.16. The first-order valence-electron chi connectivity index (χ1n) is 11.6. The Kier molecular flexibility index (Phi) is 8.08. The molecule has 0 N–H and O–H groups in total. The summed E-state index contributed by atoms with van der Waals surface area (Å²) < 4.78 is 0. The van der Waals surface area contributed by atoms with Crippen molar-refractivity contribution in [3.05, 3.63) is 58.7 Å². The maximum Gasteiger partial charge on any atom is 0.247 e. The van der Waals surface area contributed by atoms with Gasteiger partial charge in [0, 0.05) is 19.0 Å². The Labute approximate surface area is 189 Å². The van der Waals surface area contributed by atoms with Gasteiger partial charge in [-0.3, -0.25) is 9.59 Å². The van der Waals surface area contributed by atoms with Gasteiger partial charge in [0.1, 0.15) is 0 Å². The van der Waals surface area contributed by atoms with Crippen LogP contribution < -0.4 is 0 Å². The lowest BCUT2D eigenvalue weighted by molar-refractivity contribution is -0.134. The molecule has 1 aliphatic carbocycles. The Bertz CT molecular complexity index is 856. The van der Waals surface area contributed by atoms with Crippen molar-refractivity contribution in [3.8, 4) is 0 Å². The molecule has 0 saturated carbocycles. The van der Waals surface area contributed by atoms with Crippen LogP contribution in [0.1, 0.15) is 81.1 Å². The van der Waals surface area contributed by atoms with Crippen molar-refractivity contribution >= 4 is 11.7 Å². The van der Waals surface area contributed by atoms with Crippen LogP contribution in [-0.4, -0.2) is 29.2 Å². The fraction of sp³-hybridized carbons (Fsp3) is 0.571. The normalized spacial score (nSPS) is 23.5. The average Bonchev–Trinajstić information content (AvgIpc) is 3.02. The molecule has 31 heavy (non-hydrogen) atoms. The van der Waals surface area contributed by atoms with E-state index in [9.17, 15) is 9.59 Å². The van der Waals surface area contributed by atoms with E-state index in [2.05, 4.69) is 45.9 Å². The molecule has 0 spiro atoms. The number of likely N-dealkylation sites (tertiary alicyclic amines) is 1. The van der Waals surface area contributed by atoms with Gasteiger partial charge in [0.2, 0.25) is 5.91 Å². The summed E-state index contributed by atoms with van der Waals surface area (Å²) in [7, 11) is 0. The Morgan fingerprint density at radius 1 is 1.10 bits per heavy atom. The van der Waals surface area contributed by atoms with Crippen molar-refractivity contribution in [1.82, 2.24) is 4.90 Å². The lowest BCUT2D eigenvalue weighted by Crippen LogP contribution is -2.45. The molecule has 2 aliphatic rings. The molecule has 0 radical (unpaired) electrons. The van der Waals surface area contributed by atoms with E-state index in [4.69, 9.17) is 0 Å². The summed E-state index contributed by atoms with van der Waals surface area (Å²) in [5.41, 5.74) is 5.03. The Balaban J connectivity index is 2.04. The highest BCUT2D eigenvalue weighted by atomic mass is 16.2. The molecule has 3 heteroatoms. The molecule has 1 heterocycles. The molecule has 1 amide bonds. The Morgan fingerprint density at radius 2 is 1.77 bits per heavy atom. The molecular weight excluding hydrogens is 382 g/mol. The zero-order valence-corrected chi connectivity index (χ0v) is 20.8. The molecular formula is C28H41NO2. The molecule has 0 aromatic rings. The van der Waals surface area contributed by atoms with E-state index in [0.29, 0.717) is 13.0 Å². The van der Waals surface area contributed by atoms with Crippen LogP contribution in [0.2, 0.25) is 0 Å². The molecule has 1 aliphatic heterocycles. The van der Waals surface area contributed by atoms with E-state index in [1.54, 1.807) is 11.0 Å². The lowest BCUT2D eigenvalue weighted by atomic mass is 9.72. The van der Waals surface area contributed by atoms with Gasteiger partial charge in [-0.15, -0.1) is 0 Å². The topological polar surface area (TPSA) is 37.4 Å². The molecule has 0 aromatic carbocycles. The number of carbonyl (C=O) groups is 2. The van der Waals surface area contributed by atoms with Crippen LogP contribution in [0.15, 0.2) is 58.7 Å². The third-order valence-corrected chi connectivity index (χ3v) is 6.44. The molecule has 0 aromatic heterocycles. The van der Waals surface area contributed by atoms with Crippen LogP contribution in [0.5, 0.6) is 0 Å². The zero-order valence-electron chi connectivity index (χ0n) is 20.8. The monoisotopic (exact) mass is 423 g/mol. The summed E-state index contributed by atoms with van der Waals surface area (Å²) in [4.78, 5) is 26.7. The van der Waals surface area contributed by atoms with Crippen LogP contribution in [0.3, 0.4) is 0 Å². The van der Waals surface area contributed by atoms with Gasteiger partial charge in [-0.1, -0.05) is 76.1 Å². The van der Waals surface area contributed by atoms with Gasteiger partial charge in [0.05, 0.1) is 6.04 Å². The standard InChI is InChI=1S/C28H41NO2/c1-20(14-15-23-22(3)13-10-17-28(23,7)8)11-9-12-21(2)19-25(31)29-18-16-24(30)26(29)27(4,5)6/h9,11-12,14-15,19,26H,10,13,16-18H2,1-8H3/b12-9+,15-14+,20-11-,21-19+/t26-/m0/s1. The number of allylic oxidation sites excluding steroid dienone is 9. The van der Waals surface area contributed by atoms with Crippen molar-refractivity contribution in [3.63, 3.8) is 0 Å². The Morgan fingerprint density at radius 3 is 2.39 bits per heavy atom. The fourth-order valence-corrected chi connectivity index (χ4v) is 4.82. The predicted octanol–water partition coefficient (Wildman–Crippen LogP) is 6.73. The highest BCUT2D eigenvalue weighted by Crippen LogP contribution is 2.40. The molecule has 170 valence electrons. The summed E-state index contributed by atoms with van der Waals surface area (Å²) in [6, 6.07) is -0.331. The van der Waals surface area contributed by atoms with Gasteiger partial charge >= 0.3 is 0 Å². The van der Waals surface area contributed by atoms with E-state index in [-0.39, 0.29) is 28.6 Å². The van der Waals surface area contributed by atoms with Crippen LogP contribution in [-0.2, 0) is 9.59 Å². The maximum atomic E-state index is 12.8. The zero-order chi connectivity index (χ0) is 23.4. The summed E-state index contributed by atoms with van der Waals surface area (Å²) >= 11 is 0. The van der Waals surface area contributed by atoms with Crippen LogP contribution in [0.4, 0.5) is 0 Å². The second kappa shape index (κ2) is 9.97. The number of rotatable bonds is 5. The molecule has 1 atom stereocenters. The van der Waals surface area contributed by atoms with Gasteiger partial charge in [-0.2, -0.15) is 0 Å². The van der Waals surface area contributed by atoms with Crippen molar-refractivity contribution in [2.75, 3.05) is 6.54 Å². The number of carbonyl (C=O) groups excluding carboxylic acids is 2. The quantitative estimate of drug-likeness (QED) is 0.363. The van der Waals surface area contributed by atoms with Crippen molar-refractivity contribution in [2.24, 2.45) is 10.8 Å². The molecule has 2 rings (SSSR count). The lowest BCUT2D eigenvalue weighted by Gasteiger charge is -2.33. The third kappa shape index (κ3) is 6.66. The molecule has 1 fully saturated rings. The SMILES string of the molecule is CC1=C(/C=C/C(C)=C\C=C\C(C)=C\C(=O)N2CCC(=O)[C@H]2C(C)(C)C)C(C)(C)CCC1. The number of hydrogen-bond acceptors (Lipinski definition) is 2. The average molecular weight is 424 g/mol. The molecule has 0 unspecified atom stereocenters. The minimum absolute atomic E-state index is 0.0736. The minimum Gasteiger partial charge on any atom is -0.328 e. The van der Waals surface area contributed by atoms with Crippen molar-refractivity contribution in [2.45, 2.75) is 87.1 Å².